The van der Waals surface area contributed by atoms with Gasteiger partial charge >= 0.3 is 6.18 Å². The molecular formula is C16H18F3N5O2S. The van der Waals surface area contributed by atoms with Crippen LogP contribution < -0.4 is 4.74 Å². The van der Waals surface area contributed by atoms with Crippen LogP contribution in [0.25, 0.3) is 0 Å². The summed E-state index contributed by atoms with van der Waals surface area (Å²) in [6.07, 6.45) is -1.64. The molecule has 1 N–H and O–H groups in total. The highest BCUT2D eigenvalue weighted by Gasteiger charge is 2.32. The molecule has 1 unspecified atom stereocenters. The van der Waals surface area contributed by atoms with Crippen LogP contribution in [0.2, 0.25) is 0 Å². The number of hydrogen-bond acceptors (Lipinski definition) is 5. The molecule has 146 valence electrons. The lowest BCUT2D eigenvalue weighted by molar-refractivity contribution is -0.154. The van der Waals surface area contributed by atoms with Crippen molar-refractivity contribution < 1.29 is 22.7 Å². The number of carbonyl (C=O) groups excluding carboxylic acids is 1. The first-order valence-electron chi connectivity index (χ1n) is 8.31. The van der Waals surface area contributed by atoms with Gasteiger partial charge < -0.3 is 14.2 Å². The second kappa shape index (κ2) is 7.67. The number of halogens is 3. The summed E-state index contributed by atoms with van der Waals surface area (Å²) >= 11 is 5.12. The highest BCUT2D eigenvalue weighted by Crippen LogP contribution is 2.28. The Balaban J connectivity index is 1.77. The molecule has 0 bridgehead atoms. The van der Waals surface area contributed by atoms with Gasteiger partial charge in [0.15, 0.2) is 11.4 Å². The summed E-state index contributed by atoms with van der Waals surface area (Å²) in [5, 5.41) is 6.95. The van der Waals surface area contributed by atoms with Gasteiger partial charge in [0.1, 0.15) is 11.4 Å². The van der Waals surface area contributed by atoms with Crippen molar-refractivity contribution >= 4 is 18.1 Å². The van der Waals surface area contributed by atoms with E-state index in [-0.39, 0.29) is 17.4 Å². The molecule has 0 radical (unpaired) electrons. The molecule has 1 atom stereocenters. The van der Waals surface area contributed by atoms with Gasteiger partial charge in [-0.1, -0.05) is 0 Å². The van der Waals surface area contributed by atoms with Gasteiger partial charge in [-0.05, 0) is 37.2 Å². The second-order valence-electron chi connectivity index (χ2n) is 6.30. The quantitative estimate of drug-likeness (QED) is 0.798. The van der Waals surface area contributed by atoms with Crippen molar-refractivity contribution in [2.75, 3.05) is 19.7 Å². The van der Waals surface area contributed by atoms with Gasteiger partial charge in [-0.25, -0.2) is 4.98 Å². The number of rotatable bonds is 4. The molecule has 1 amide bonds. The average molecular weight is 401 g/mol. The number of nitrogens with one attached hydrogen (secondary N) is 1. The Kier molecular flexibility index (Phi) is 5.49. The van der Waals surface area contributed by atoms with E-state index >= 15 is 0 Å². The van der Waals surface area contributed by atoms with Crippen molar-refractivity contribution in [1.82, 2.24) is 24.6 Å². The summed E-state index contributed by atoms with van der Waals surface area (Å²) in [5.74, 6) is -0.00373. The zero-order chi connectivity index (χ0) is 19.6. The maximum Gasteiger partial charge on any atom is 0.422 e. The molecule has 0 saturated carbocycles. The topological polar surface area (TPSA) is 76.0 Å². The molecule has 0 spiro atoms. The molecule has 3 heterocycles. The van der Waals surface area contributed by atoms with E-state index in [2.05, 4.69) is 15.2 Å². The summed E-state index contributed by atoms with van der Waals surface area (Å²) in [5.41, 5.74) is 0.0118. The fourth-order valence-electron chi connectivity index (χ4n) is 3.09. The monoisotopic (exact) mass is 401 g/mol. The number of aromatic nitrogens is 4. The van der Waals surface area contributed by atoms with Crippen LogP contribution in [-0.2, 0) is 7.05 Å². The molecule has 1 saturated heterocycles. The second-order valence-corrected chi connectivity index (χ2v) is 6.68. The third-order valence-electron chi connectivity index (χ3n) is 4.36. The maximum atomic E-state index is 12.9. The number of ether oxygens (including phenoxy) is 1. The molecule has 0 aliphatic carbocycles. The molecule has 0 aromatic carbocycles. The van der Waals surface area contributed by atoms with Crippen LogP contribution in [0, 0.1) is 4.77 Å². The molecule has 1 aliphatic rings. The Morgan fingerprint density at radius 3 is 2.93 bits per heavy atom. The van der Waals surface area contributed by atoms with Crippen molar-refractivity contribution in [2.45, 2.75) is 24.9 Å². The first-order valence-corrected chi connectivity index (χ1v) is 8.72. The minimum absolute atomic E-state index is 0.0118. The van der Waals surface area contributed by atoms with Gasteiger partial charge in [0.25, 0.3) is 5.91 Å². The summed E-state index contributed by atoms with van der Waals surface area (Å²) < 4.78 is 44.3. The van der Waals surface area contributed by atoms with E-state index in [1.54, 1.807) is 16.5 Å². The number of H-pyrrole nitrogens is 1. The van der Waals surface area contributed by atoms with Crippen molar-refractivity contribution in [3.05, 3.63) is 34.5 Å². The Morgan fingerprint density at radius 1 is 1.48 bits per heavy atom. The molecule has 7 nitrogen and oxygen atoms in total. The van der Waals surface area contributed by atoms with Crippen LogP contribution in [0.3, 0.4) is 0 Å². The van der Waals surface area contributed by atoms with Crippen molar-refractivity contribution in [3.8, 4) is 5.88 Å². The van der Waals surface area contributed by atoms with E-state index in [1.807, 2.05) is 0 Å². The standard InChI is InChI=1S/C16H18F3N5O2S/c1-23-12(21-22-15(23)27)10-4-3-7-24(8-10)14(25)11-5-2-6-20-13(11)26-9-16(17,18)19/h2,5-6,10H,3-4,7-9H2,1H3,(H,22,27). The smallest absolute Gasteiger partial charge is 0.422 e. The van der Waals surface area contributed by atoms with E-state index < -0.39 is 18.7 Å². The van der Waals surface area contributed by atoms with Gasteiger partial charge in [0.2, 0.25) is 5.88 Å². The van der Waals surface area contributed by atoms with Gasteiger partial charge in [0, 0.05) is 32.3 Å². The van der Waals surface area contributed by atoms with Crippen LogP contribution in [0.1, 0.15) is 34.9 Å². The maximum absolute atomic E-state index is 12.9. The summed E-state index contributed by atoms with van der Waals surface area (Å²) in [6.45, 7) is -0.616. The van der Waals surface area contributed by atoms with E-state index in [4.69, 9.17) is 17.0 Å². The zero-order valence-electron chi connectivity index (χ0n) is 14.5. The van der Waals surface area contributed by atoms with Crippen LogP contribution in [0.5, 0.6) is 5.88 Å². The number of amides is 1. The van der Waals surface area contributed by atoms with Gasteiger partial charge in [0.05, 0.1) is 0 Å². The number of pyridine rings is 1. The van der Waals surface area contributed by atoms with Crippen molar-refractivity contribution in [3.63, 3.8) is 0 Å². The van der Waals surface area contributed by atoms with Crippen molar-refractivity contribution in [1.29, 1.82) is 0 Å². The van der Waals surface area contributed by atoms with Crippen LogP contribution in [0.15, 0.2) is 18.3 Å². The number of nitrogens with zero attached hydrogens (tertiary/aromatic N) is 4. The van der Waals surface area contributed by atoms with E-state index in [0.717, 1.165) is 18.7 Å². The van der Waals surface area contributed by atoms with Crippen molar-refractivity contribution in [2.24, 2.45) is 7.05 Å². The van der Waals surface area contributed by atoms with E-state index in [1.165, 1.54) is 18.3 Å². The number of alkyl halides is 3. The first kappa shape index (κ1) is 19.3. The highest BCUT2D eigenvalue weighted by molar-refractivity contribution is 7.71. The molecular weight excluding hydrogens is 383 g/mol. The highest BCUT2D eigenvalue weighted by atomic mass is 32.1. The molecule has 3 rings (SSSR count). The minimum Gasteiger partial charge on any atom is -0.467 e. The first-order chi connectivity index (χ1) is 12.8. The molecule has 1 fully saturated rings. The predicted octanol–water partition coefficient (Wildman–Crippen LogP) is 2.83. The number of carbonyl (C=O) groups is 1. The van der Waals surface area contributed by atoms with E-state index in [9.17, 15) is 18.0 Å². The molecule has 1 aliphatic heterocycles. The molecule has 27 heavy (non-hydrogen) atoms. The van der Waals surface area contributed by atoms with Crippen LogP contribution in [0.4, 0.5) is 13.2 Å². The summed E-state index contributed by atoms with van der Waals surface area (Å²) in [4.78, 5) is 18.3. The Bertz CT molecular complexity index is 879. The average Bonchev–Trinajstić information content (AvgIpc) is 2.98. The lowest BCUT2D eigenvalue weighted by atomic mass is 9.96. The summed E-state index contributed by atoms with van der Waals surface area (Å²) in [6, 6.07) is 2.91. The lowest BCUT2D eigenvalue weighted by Gasteiger charge is -2.32. The fourth-order valence-corrected chi connectivity index (χ4v) is 3.22. The van der Waals surface area contributed by atoms with Crippen LogP contribution in [-0.4, -0.2) is 56.4 Å². The Morgan fingerprint density at radius 2 is 2.26 bits per heavy atom. The van der Waals surface area contributed by atoms with Gasteiger partial charge in [-0.3, -0.25) is 9.89 Å². The largest absolute Gasteiger partial charge is 0.467 e. The predicted molar refractivity (Wildman–Crippen MR) is 92.1 cm³/mol. The van der Waals surface area contributed by atoms with Crippen LogP contribution >= 0.6 is 12.2 Å². The molecule has 11 heteroatoms. The third kappa shape index (κ3) is 4.46. The summed E-state index contributed by atoms with van der Waals surface area (Å²) in [7, 11) is 1.80. The fraction of sp³-hybridized carbons (Fsp3) is 0.500. The minimum atomic E-state index is -4.51. The zero-order valence-corrected chi connectivity index (χ0v) is 15.3. The third-order valence-corrected chi connectivity index (χ3v) is 4.73. The number of hydrogen-bond donors (Lipinski definition) is 1. The van der Waals surface area contributed by atoms with Gasteiger partial charge in [-0.15, -0.1) is 0 Å². The molecule has 2 aromatic heterocycles. The molecule has 2 aromatic rings. The Labute approximate surface area is 158 Å². The van der Waals surface area contributed by atoms with Gasteiger partial charge in [-0.2, -0.15) is 18.3 Å². The number of piperidine rings is 1. The lowest BCUT2D eigenvalue weighted by Crippen LogP contribution is -2.40. The number of likely N-dealkylation sites (tertiary alicyclic amines) is 1. The number of aromatic amines is 1. The Hall–Kier alpha value is -2.43. The SMILES string of the molecule is Cn1c(C2CCCN(C(=O)c3cccnc3OCC(F)(F)F)C2)n[nH]c1=S. The normalized spacial score (nSPS) is 17.8. The van der Waals surface area contributed by atoms with E-state index in [0.29, 0.717) is 17.9 Å².